The van der Waals surface area contributed by atoms with E-state index in [1.807, 2.05) is 13.8 Å². The van der Waals surface area contributed by atoms with Crippen molar-refractivity contribution in [2.24, 2.45) is 16.7 Å². The first-order chi connectivity index (χ1) is 7.23. The zero-order valence-electron chi connectivity index (χ0n) is 11.2. The molecule has 1 rings (SSSR count). The Morgan fingerprint density at radius 2 is 1.69 bits per heavy atom. The van der Waals surface area contributed by atoms with Gasteiger partial charge < -0.3 is 5.11 Å². The predicted octanol–water partition coefficient (Wildman–Crippen LogP) is 4.09. The standard InChI is InChI=1S/C14H26O2/c1-13(2,9-11-7-5-6-8-11)10-14(3,4)12(15)16/h11H,5-10H2,1-4H3,(H,15,16). The fourth-order valence-corrected chi connectivity index (χ4v) is 3.34. The average Bonchev–Trinajstić information content (AvgIpc) is 2.52. The van der Waals surface area contributed by atoms with Crippen LogP contribution in [0.2, 0.25) is 0 Å². The van der Waals surface area contributed by atoms with Crippen LogP contribution in [0.1, 0.15) is 66.2 Å². The SMILES string of the molecule is CC(C)(CC1CCCC1)CC(C)(C)C(=O)O. The highest BCUT2D eigenvalue weighted by Gasteiger charge is 2.36. The lowest BCUT2D eigenvalue weighted by Crippen LogP contribution is -2.31. The van der Waals surface area contributed by atoms with Gasteiger partial charge in [0.1, 0.15) is 0 Å². The molecule has 0 saturated heterocycles. The number of aliphatic carboxylic acids is 1. The second-order valence-corrected chi connectivity index (χ2v) is 6.88. The molecule has 0 aromatic carbocycles. The summed E-state index contributed by atoms with van der Waals surface area (Å²) in [6.45, 7) is 8.11. The predicted molar refractivity (Wildman–Crippen MR) is 66.4 cm³/mol. The van der Waals surface area contributed by atoms with Crippen LogP contribution in [-0.2, 0) is 4.79 Å². The van der Waals surface area contributed by atoms with E-state index >= 15 is 0 Å². The molecule has 2 nitrogen and oxygen atoms in total. The molecule has 0 amide bonds. The van der Waals surface area contributed by atoms with Gasteiger partial charge in [-0.05, 0) is 38.0 Å². The van der Waals surface area contributed by atoms with Gasteiger partial charge in [-0.25, -0.2) is 0 Å². The molecule has 94 valence electrons. The summed E-state index contributed by atoms with van der Waals surface area (Å²) in [5.41, 5.74) is -0.445. The normalized spacial score (nSPS) is 19.0. The van der Waals surface area contributed by atoms with Crippen LogP contribution in [0.4, 0.5) is 0 Å². The first-order valence-electron chi connectivity index (χ1n) is 6.46. The van der Waals surface area contributed by atoms with Gasteiger partial charge in [-0.1, -0.05) is 39.5 Å². The number of carboxylic acid groups (broad SMARTS) is 1. The van der Waals surface area contributed by atoms with Gasteiger partial charge in [0, 0.05) is 0 Å². The number of rotatable bonds is 5. The van der Waals surface area contributed by atoms with E-state index in [4.69, 9.17) is 5.11 Å². The van der Waals surface area contributed by atoms with Crippen molar-refractivity contribution >= 4 is 5.97 Å². The Morgan fingerprint density at radius 1 is 1.19 bits per heavy atom. The summed E-state index contributed by atoms with van der Waals surface area (Å²) in [5, 5.41) is 9.17. The first kappa shape index (κ1) is 13.5. The van der Waals surface area contributed by atoms with Gasteiger partial charge >= 0.3 is 5.97 Å². The van der Waals surface area contributed by atoms with Crippen LogP contribution in [0, 0.1) is 16.7 Å². The third-order valence-corrected chi connectivity index (χ3v) is 3.82. The maximum absolute atomic E-state index is 11.1. The van der Waals surface area contributed by atoms with Gasteiger partial charge in [-0.2, -0.15) is 0 Å². The fraction of sp³-hybridized carbons (Fsp3) is 0.929. The first-order valence-corrected chi connectivity index (χ1v) is 6.46. The number of carboxylic acids is 1. The number of hydrogen-bond acceptors (Lipinski definition) is 1. The Kier molecular flexibility index (Phi) is 4.03. The maximum Gasteiger partial charge on any atom is 0.309 e. The quantitative estimate of drug-likeness (QED) is 0.766. The minimum atomic E-state index is -0.674. The second kappa shape index (κ2) is 4.77. The van der Waals surface area contributed by atoms with E-state index in [1.54, 1.807) is 0 Å². The van der Waals surface area contributed by atoms with E-state index in [1.165, 1.54) is 32.1 Å². The zero-order valence-corrected chi connectivity index (χ0v) is 11.2. The summed E-state index contributed by atoms with van der Waals surface area (Å²) in [6.07, 6.45) is 7.37. The largest absolute Gasteiger partial charge is 0.481 e. The highest BCUT2D eigenvalue weighted by Crippen LogP contribution is 2.42. The molecule has 0 radical (unpaired) electrons. The van der Waals surface area contributed by atoms with Crippen LogP contribution in [0.3, 0.4) is 0 Å². The molecule has 1 N–H and O–H groups in total. The molecule has 1 aliphatic carbocycles. The Hall–Kier alpha value is -0.530. The second-order valence-electron chi connectivity index (χ2n) is 6.88. The lowest BCUT2D eigenvalue weighted by Gasteiger charge is -2.34. The number of hydrogen-bond donors (Lipinski definition) is 1. The van der Waals surface area contributed by atoms with Gasteiger partial charge in [0.05, 0.1) is 5.41 Å². The van der Waals surface area contributed by atoms with E-state index in [-0.39, 0.29) is 5.41 Å². The van der Waals surface area contributed by atoms with E-state index in [0.29, 0.717) is 0 Å². The molecular formula is C14H26O2. The fourth-order valence-electron chi connectivity index (χ4n) is 3.34. The van der Waals surface area contributed by atoms with Gasteiger partial charge in [0.25, 0.3) is 0 Å². The van der Waals surface area contributed by atoms with Crippen LogP contribution < -0.4 is 0 Å². The smallest absolute Gasteiger partial charge is 0.309 e. The molecule has 1 aliphatic rings. The molecular weight excluding hydrogens is 200 g/mol. The summed E-state index contributed by atoms with van der Waals surface area (Å²) in [7, 11) is 0. The van der Waals surface area contributed by atoms with E-state index < -0.39 is 11.4 Å². The van der Waals surface area contributed by atoms with Crippen molar-refractivity contribution in [3.8, 4) is 0 Å². The molecule has 0 aromatic heterocycles. The molecule has 0 bridgehead atoms. The highest BCUT2D eigenvalue weighted by atomic mass is 16.4. The summed E-state index contributed by atoms with van der Waals surface area (Å²) < 4.78 is 0. The Balaban J connectivity index is 2.52. The Labute approximate surface area is 99.4 Å². The topological polar surface area (TPSA) is 37.3 Å². The minimum absolute atomic E-state index is 0.150. The van der Waals surface area contributed by atoms with E-state index in [0.717, 1.165) is 12.3 Å². The third kappa shape index (κ3) is 3.80. The van der Waals surface area contributed by atoms with Crippen molar-refractivity contribution in [2.45, 2.75) is 66.2 Å². The molecule has 0 aliphatic heterocycles. The van der Waals surface area contributed by atoms with Crippen LogP contribution in [0.15, 0.2) is 0 Å². The molecule has 0 aromatic rings. The molecule has 2 heteroatoms. The number of carbonyl (C=O) groups is 1. The minimum Gasteiger partial charge on any atom is -0.481 e. The zero-order chi connectivity index (χ0) is 12.4. The molecule has 1 fully saturated rings. The Bertz CT molecular complexity index is 247. The average molecular weight is 226 g/mol. The van der Waals surface area contributed by atoms with Gasteiger partial charge in [0.2, 0.25) is 0 Å². The van der Waals surface area contributed by atoms with Gasteiger partial charge in [-0.15, -0.1) is 0 Å². The lowest BCUT2D eigenvalue weighted by atomic mass is 9.71. The van der Waals surface area contributed by atoms with Crippen LogP contribution in [0.5, 0.6) is 0 Å². The Morgan fingerprint density at radius 3 is 2.12 bits per heavy atom. The van der Waals surface area contributed by atoms with Gasteiger partial charge in [-0.3, -0.25) is 4.79 Å². The van der Waals surface area contributed by atoms with Crippen molar-refractivity contribution in [3.05, 3.63) is 0 Å². The highest BCUT2D eigenvalue weighted by molar-refractivity contribution is 5.73. The molecule has 0 heterocycles. The molecule has 0 unspecified atom stereocenters. The van der Waals surface area contributed by atoms with Crippen molar-refractivity contribution in [3.63, 3.8) is 0 Å². The third-order valence-electron chi connectivity index (χ3n) is 3.82. The van der Waals surface area contributed by atoms with E-state index in [2.05, 4.69) is 13.8 Å². The molecule has 16 heavy (non-hydrogen) atoms. The van der Waals surface area contributed by atoms with Crippen LogP contribution >= 0.6 is 0 Å². The van der Waals surface area contributed by atoms with Crippen molar-refractivity contribution in [1.29, 1.82) is 0 Å². The monoisotopic (exact) mass is 226 g/mol. The van der Waals surface area contributed by atoms with Crippen LogP contribution in [0.25, 0.3) is 0 Å². The molecule has 1 saturated carbocycles. The van der Waals surface area contributed by atoms with Crippen LogP contribution in [-0.4, -0.2) is 11.1 Å². The van der Waals surface area contributed by atoms with E-state index in [9.17, 15) is 4.79 Å². The summed E-state index contributed by atoms with van der Waals surface area (Å²) in [6, 6.07) is 0. The summed E-state index contributed by atoms with van der Waals surface area (Å²) in [4.78, 5) is 11.1. The lowest BCUT2D eigenvalue weighted by molar-refractivity contribution is -0.148. The van der Waals surface area contributed by atoms with Gasteiger partial charge in [0.15, 0.2) is 0 Å². The van der Waals surface area contributed by atoms with Crippen molar-refractivity contribution < 1.29 is 9.90 Å². The molecule has 0 atom stereocenters. The summed E-state index contributed by atoms with van der Waals surface area (Å²) in [5.74, 6) is 0.159. The van der Waals surface area contributed by atoms with Crippen molar-refractivity contribution in [2.75, 3.05) is 0 Å². The summed E-state index contributed by atoms with van der Waals surface area (Å²) >= 11 is 0. The van der Waals surface area contributed by atoms with Crippen molar-refractivity contribution in [1.82, 2.24) is 0 Å². The maximum atomic E-state index is 11.1. The molecule has 0 spiro atoms.